The summed E-state index contributed by atoms with van der Waals surface area (Å²) >= 11 is 0.926. The van der Waals surface area contributed by atoms with Crippen molar-refractivity contribution in [3.8, 4) is 11.6 Å². The van der Waals surface area contributed by atoms with E-state index in [1.807, 2.05) is 0 Å². The molecule has 0 fully saturated rings. The van der Waals surface area contributed by atoms with Crippen molar-refractivity contribution in [1.29, 1.82) is 0 Å². The molecule has 8 heteroatoms. The summed E-state index contributed by atoms with van der Waals surface area (Å²) in [5, 5.41) is 9.48. The van der Waals surface area contributed by atoms with Gasteiger partial charge in [0.2, 0.25) is 0 Å². The second-order valence-corrected chi connectivity index (χ2v) is 5.25. The molecule has 21 heavy (non-hydrogen) atoms. The number of phenolic OH excluding ortho intramolecular Hbond substituents is 1. The number of pyridine rings is 1. The van der Waals surface area contributed by atoms with E-state index in [-0.39, 0.29) is 16.4 Å². The van der Waals surface area contributed by atoms with Crippen LogP contribution in [-0.2, 0) is 6.18 Å². The highest BCUT2D eigenvalue weighted by Crippen LogP contribution is 2.29. The number of halogens is 3. The fourth-order valence-corrected chi connectivity index (χ4v) is 2.77. The molecule has 3 rings (SSSR count). The molecule has 3 aromatic rings. The molecule has 1 N–H and O–H groups in total. The highest BCUT2D eigenvalue weighted by Gasteiger charge is 2.30. The molecule has 0 saturated heterocycles. The van der Waals surface area contributed by atoms with Crippen molar-refractivity contribution in [3.05, 3.63) is 51.8 Å². The second-order valence-electron chi connectivity index (χ2n) is 4.26. The Hall–Kier alpha value is -2.35. The summed E-state index contributed by atoms with van der Waals surface area (Å²) in [5.41, 5.74) is -0.487. The van der Waals surface area contributed by atoms with Gasteiger partial charge in [-0.1, -0.05) is 11.3 Å². The minimum absolute atomic E-state index is 0.0408. The number of benzene rings is 1. The van der Waals surface area contributed by atoms with Crippen LogP contribution in [0.4, 0.5) is 13.2 Å². The maximum absolute atomic E-state index is 12.5. The average Bonchev–Trinajstić information content (AvgIpc) is 2.73. The molecule has 0 aliphatic heterocycles. The van der Waals surface area contributed by atoms with E-state index in [0.29, 0.717) is 16.4 Å². The molecular weight excluding hydrogens is 305 g/mol. The van der Waals surface area contributed by atoms with E-state index in [4.69, 9.17) is 0 Å². The number of alkyl halides is 3. The Morgan fingerprint density at radius 2 is 1.95 bits per heavy atom. The minimum Gasteiger partial charge on any atom is -0.508 e. The highest BCUT2D eigenvalue weighted by atomic mass is 32.1. The van der Waals surface area contributed by atoms with E-state index in [9.17, 15) is 23.1 Å². The molecule has 0 atom stereocenters. The van der Waals surface area contributed by atoms with Crippen LogP contribution in [-0.4, -0.2) is 14.7 Å². The molecule has 0 saturated carbocycles. The van der Waals surface area contributed by atoms with Crippen molar-refractivity contribution < 1.29 is 18.3 Å². The van der Waals surface area contributed by atoms with Crippen LogP contribution >= 0.6 is 11.3 Å². The number of thiazole rings is 1. The molecule has 0 aliphatic carbocycles. The molecule has 0 unspecified atom stereocenters. The van der Waals surface area contributed by atoms with Crippen molar-refractivity contribution in [1.82, 2.24) is 9.55 Å². The van der Waals surface area contributed by atoms with E-state index in [1.165, 1.54) is 16.7 Å². The predicted molar refractivity (Wildman–Crippen MR) is 71.9 cm³/mol. The van der Waals surface area contributed by atoms with Gasteiger partial charge in [0, 0.05) is 12.3 Å². The molecule has 0 radical (unpaired) electrons. The van der Waals surface area contributed by atoms with Gasteiger partial charge < -0.3 is 5.11 Å². The van der Waals surface area contributed by atoms with E-state index in [1.54, 1.807) is 6.07 Å². The zero-order valence-corrected chi connectivity index (χ0v) is 11.1. The molecule has 2 aromatic heterocycles. The molecule has 2 heterocycles. The number of aromatic nitrogens is 2. The molecule has 0 bridgehead atoms. The predicted octanol–water partition coefficient (Wildman–Crippen LogP) is 3.17. The van der Waals surface area contributed by atoms with Crippen molar-refractivity contribution in [2.24, 2.45) is 0 Å². The second kappa shape index (κ2) is 4.59. The Labute approximate surface area is 119 Å². The van der Waals surface area contributed by atoms with Crippen molar-refractivity contribution in [2.45, 2.75) is 6.18 Å². The zero-order valence-electron chi connectivity index (χ0n) is 10.3. The molecule has 0 aliphatic rings. The van der Waals surface area contributed by atoms with Crippen LogP contribution in [0.15, 0.2) is 41.3 Å². The Kier molecular flexibility index (Phi) is 2.98. The van der Waals surface area contributed by atoms with Gasteiger partial charge in [-0.15, -0.1) is 0 Å². The summed E-state index contributed by atoms with van der Waals surface area (Å²) in [6.45, 7) is 0. The lowest BCUT2D eigenvalue weighted by Crippen LogP contribution is -2.13. The van der Waals surface area contributed by atoms with Gasteiger partial charge in [0.1, 0.15) is 11.6 Å². The molecule has 0 spiro atoms. The smallest absolute Gasteiger partial charge is 0.417 e. The Morgan fingerprint density at radius 3 is 2.57 bits per heavy atom. The van der Waals surface area contributed by atoms with Crippen LogP contribution in [0.1, 0.15) is 5.56 Å². The third-order valence-electron chi connectivity index (χ3n) is 2.87. The SMILES string of the molecule is O=c1sc2ccc(O)cc2n1-c1ccc(C(F)(F)F)cn1. The summed E-state index contributed by atoms with van der Waals surface area (Å²) < 4.78 is 39.3. The van der Waals surface area contributed by atoms with Crippen molar-refractivity contribution in [3.63, 3.8) is 0 Å². The molecule has 1 aromatic carbocycles. The van der Waals surface area contributed by atoms with Crippen LogP contribution in [0.5, 0.6) is 5.75 Å². The quantitative estimate of drug-likeness (QED) is 0.751. The fourth-order valence-electron chi connectivity index (χ4n) is 1.91. The van der Waals surface area contributed by atoms with Gasteiger partial charge in [0.05, 0.1) is 15.8 Å². The van der Waals surface area contributed by atoms with Crippen LogP contribution in [0.2, 0.25) is 0 Å². The van der Waals surface area contributed by atoms with Crippen molar-refractivity contribution in [2.75, 3.05) is 0 Å². The number of hydrogen-bond acceptors (Lipinski definition) is 4. The topological polar surface area (TPSA) is 55.1 Å². The number of phenols is 1. The summed E-state index contributed by atoms with van der Waals surface area (Å²) in [7, 11) is 0. The Bertz CT molecular complexity index is 866. The molecule has 4 nitrogen and oxygen atoms in total. The lowest BCUT2D eigenvalue weighted by Gasteiger charge is -2.07. The largest absolute Gasteiger partial charge is 0.508 e. The van der Waals surface area contributed by atoms with Gasteiger partial charge in [-0.3, -0.25) is 9.36 Å². The summed E-state index contributed by atoms with van der Waals surface area (Å²) in [6.07, 6.45) is -3.81. The lowest BCUT2D eigenvalue weighted by atomic mass is 10.2. The molecule has 108 valence electrons. The van der Waals surface area contributed by atoms with Crippen molar-refractivity contribution >= 4 is 21.6 Å². The highest BCUT2D eigenvalue weighted by molar-refractivity contribution is 7.16. The standard InChI is InChI=1S/C13H7F3N2O2S/c14-13(15,16)7-1-4-11(17-6-7)18-9-5-8(19)2-3-10(9)21-12(18)20/h1-6,19H. The van der Waals surface area contributed by atoms with Crippen LogP contribution in [0.25, 0.3) is 16.0 Å². The van der Waals surface area contributed by atoms with Gasteiger partial charge in [0.25, 0.3) is 0 Å². The first-order valence-corrected chi connectivity index (χ1v) is 6.56. The first-order chi connectivity index (χ1) is 9.86. The summed E-state index contributed by atoms with van der Waals surface area (Å²) in [5.74, 6) is 0.0332. The normalized spacial score (nSPS) is 12.0. The monoisotopic (exact) mass is 312 g/mol. The molecule has 0 amide bonds. The van der Waals surface area contributed by atoms with Gasteiger partial charge >= 0.3 is 11.0 Å². The number of hydrogen-bond donors (Lipinski definition) is 1. The van der Waals surface area contributed by atoms with E-state index >= 15 is 0 Å². The minimum atomic E-state index is -4.48. The van der Waals surface area contributed by atoms with E-state index in [0.717, 1.165) is 23.5 Å². The Balaban J connectivity index is 2.19. The average molecular weight is 312 g/mol. The van der Waals surface area contributed by atoms with E-state index in [2.05, 4.69) is 4.98 Å². The van der Waals surface area contributed by atoms with Crippen LogP contribution < -0.4 is 4.87 Å². The van der Waals surface area contributed by atoms with Gasteiger partial charge in [-0.05, 0) is 24.3 Å². The zero-order chi connectivity index (χ0) is 15.2. The summed E-state index contributed by atoms with van der Waals surface area (Å²) in [6, 6.07) is 6.36. The molecular formula is C13H7F3N2O2S. The maximum atomic E-state index is 12.5. The van der Waals surface area contributed by atoms with Gasteiger partial charge in [0.15, 0.2) is 0 Å². The number of rotatable bonds is 1. The van der Waals surface area contributed by atoms with Crippen LogP contribution in [0.3, 0.4) is 0 Å². The first kappa shape index (κ1) is 13.6. The third kappa shape index (κ3) is 2.38. The number of aromatic hydroxyl groups is 1. The fraction of sp³-hybridized carbons (Fsp3) is 0.0769. The third-order valence-corrected chi connectivity index (χ3v) is 3.79. The van der Waals surface area contributed by atoms with Gasteiger partial charge in [-0.25, -0.2) is 4.98 Å². The first-order valence-electron chi connectivity index (χ1n) is 5.74. The van der Waals surface area contributed by atoms with Crippen LogP contribution in [0, 0.1) is 0 Å². The number of nitrogens with zero attached hydrogens (tertiary/aromatic N) is 2. The maximum Gasteiger partial charge on any atom is 0.417 e. The lowest BCUT2D eigenvalue weighted by molar-refractivity contribution is -0.137. The van der Waals surface area contributed by atoms with Gasteiger partial charge in [-0.2, -0.15) is 13.2 Å². The Morgan fingerprint density at radius 1 is 1.19 bits per heavy atom. The summed E-state index contributed by atoms with van der Waals surface area (Å²) in [4.78, 5) is 15.3. The number of fused-ring (bicyclic) bond motifs is 1. The van der Waals surface area contributed by atoms with E-state index < -0.39 is 11.7 Å².